The summed E-state index contributed by atoms with van der Waals surface area (Å²) in [5, 5.41) is 2.75. The average Bonchev–Trinajstić information content (AvgIpc) is 2.81. The van der Waals surface area contributed by atoms with E-state index >= 15 is 0 Å². The first-order valence-electron chi connectivity index (χ1n) is 11.5. The summed E-state index contributed by atoms with van der Waals surface area (Å²) in [5.74, 6) is -0.441. The van der Waals surface area contributed by atoms with Crippen molar-refractivity contribution >= 4 is 21.6 Å². The van der Waals surface area contributed by atoms with Gasteiger partial charge in [0.25, 0.3) is 10.0 Å². The van der Waals surface area contributed by atoms with Crippen molar-refractivity contribution in [2.75, 3.05) is 17.4 Å². The molecule has 0 aliphatic heterocycles. The van der Waals surface area contributed by atoms with E-state index in [9.17, 15) is 17.6 Å². The largest absolute Gasteiger partial charge is 0.491 e. The van der Waals surface area contributed by atoms with E-state index in [1.807, 2.05) is 45.0 Å². The number of ether oxygens (including phenoxy) is 1. The number of sulfonamides is 1. The summed E-state index contributed by atoms with van der Waals surface area (Å²) in [5.41, 5.74) is 1.79. The number of carbonyl (C=O) groups excluding carboxylic acids is 1. The molecule has 0 aliphatic carbocycles. The quantitative estimate of drug-likeness (QED) is 0.383. The molecular weight excluding hydrogens is 467 g/mol. The van der Waals surface area contributed by atoms with Gasteiger partial charge in [0.15, 0.2) is 0 Å². The second kappa shape index (κ2) is 11.8. The van der Waals surface area contributed by atoms with Gasteiger partial charge < -0.3 is 10.1 Å². The van der Waals surface area contributed by atoms with Gasteiger partial charge in [-0.3, -0.25) is 9.10 Å². The van der Waals surface area contributed by atoms with Gasteiger partial charge in [-0.1, -0.05) is 42.0 Å². The summed E-state index contributed by atoms with van der Waals surface area (Å²) in [6, 6.07) is 19.5. The van der Waals surface area contributed by atoms with Crippen LogP contribution in [0.2, 0.25) is 0 Å². The number of halogens is 1. The van der Waals surface area contributed by atoms with E-state index in [4.69, 9.17) is 4.74 Å². The van der Waals surface area contributed by atoms with Gasteiger partial charge in [0.2, 0.25) is 5.91 Å². The fourth-order valence-electron chi connectivity index (χ4n) is 3.54. The highest BCUT2D eigenvalue weighted by atomic mass is 32.2. The highest BCUT2D eigenvalue weighted by Crippen LogP contribution is 2.26. The number of amides is 1. The molecular formula is C27H31FN2O4S. The Kier molecular flexibility index (Phi) is 8.87. The maximum Gasteiger partial charge on any atom is 0.264 e. The molecule has 0 heterocycles. The second-order valence-electron chi connectivity index (χ2n) is 8.54. The minimum Gasteiger partial charge on any atom is -0.491 e. The number of aryl methyl sites for hydroxylation is 2. The topological polar surface area (TPSA) is 75.7 Å². The van der Waals surface area contributed by atoms with E-state index < -0.39 is 28.3 Å². The lowest BCUT2D eigenvalue weighted by Gasteiger charge is -2.24. The van der Waals surface area contributed by atoms with Crippen LogP contribution in [0.1, 0.15) is 31.4 Å². The van der Waals surface area contributed by atoms with Crippen molar-refractivity contribution in [2.45, 2.75) is 44.6 Å². The van der Waals surface area contributed by atoms with Gasteiger partial charge in [0.1, 0.15) is 18.1 Å². The van der Waals surface area contributed by atoms with Crippen LogP contribution in [0.25, 0.3) is 0 Å². The van der Waals surface area contributed by atoms with Gasteiger partial charge in [-0.2, -0.15) is 0 Å². The van der Waals surface area contributed by atoms with Gasteiger partial charge in [-0.25, -0.2) is 12.8 Å². The maximum atomic E-state index is 14.6. The lowest BCUT2D eigenvalue weighted by molar-refractivity contribution is -0.119. The first-order valence-corrected chi connectivity index (χ1v) is 13.0. The van der Waals surface area contributed by atoms with Crippen LogP contribution < -0.4 is 14.4 Å². The molecule has 0 saturated heterocycles. The molecule has 1 N–H and O–H groups in total. The first-order chi connectivity index (χ1) is 16.7. The molecule has 0 spiro atoms. The molecule has 35 heavy (non-hydrogen) atoms. The van der Waals surface area contributed by atoms with Crippen molar-refractivity contribution in [3.63, 3.8) is 0 Å². The number of carbonyl (C=O) groups is 1. The minimum atomic E-state index is -4.16. The van der Waals surface area contributed by atoms with E-state index in [0.29, 0.717) is 19.4 Å². The van der Waals surface area contributed by atoms with E-state index in [1.165, 1.54) is 36.4 Å². The van der Waals surface area contributed by atoms with E-state index in [1.54, 1.807) is 12.1 Å². The molecule has 0 radical (unpaired) electrons. The molecule has 0 saturated carbocycles. The van der Waals surface area contributed by atoms with E-state index in [-0.39, 0.29) is 16.7 Å². The Bertz CT molecular complexity index is 1240. The van der Waals surface area contributed by atoms with Crippen molar-refractivity contribution < 1.29 is 22.3 Å². The predicted octanol–water partition coefficient (Wildman–Crippen LogP) is 4.87. The summed E-state index contributed by atoms with van der Waals surface area (Å²) >= 11 is 0. The van der Waals surface area contributed by atoms with Gasteiger partial charge in [-0.05, 0) is 75.6 Å². The van der Waals surface area contributed by atoms with Crippen molar-refractivity contribution in [1.82, 2.24) is 5.32 Å². The Balaban J connectivity index is 1.66. The molecule has 186 valence electrons. The molecule has 0 bridgehead atoms. The summed E-state index contributed by atoms with van der Waals surface area (Å²) in [6.45, 7) is 5.59. The number of benzene rings is 3. The molecule has 3 aromatic rings. The smallest absolute Gasteiger partial charge is 0.264 e. The van der Waals surface area contributed by atoms with Crippen LogP contribution >= 0.6 is 0 Å². The average molecular weight is 499 g/mol. The molecule has 0 aromatic heterocycles. The maximum absolute atomic E-state index is 14.6. The van der Waals surface area contributed by atoms with Crippen LogP contribution in [0.15, 0.2) is 77.7 Å². The number of para-hydroxylation sites is 1. The predicted molar refractivity (Wildman–Crippen MR) is 136 cm³/mol. The Labute approximate surface area is 206 Å². The van der Waals surface area contributed by atoms with E-state index in [0.717, 1.165) is 21.2 Å². The van der Waals surface area contributed by atoms with Crippen LogP contribution in [0.3, 0.4) is 0 Å². The van der Waals surface area contributed by atoms with Gasteiger partial charge in [0.05, 0.1) is 16.7 Å². The number of hydrogen-bond donors (Lipinski definition) is 1. The number of hydrogen-bond acceptors (Lipinski definition) is 4. The lowest BCUT2D eigenvalue weighted by atomic mass is 10.1. The minimum absolute atomic E-state index is 0.0114. The Morgan fingerprint density at radius 3 is 2.43 bits per heavy atom. The molecule has 0 atom stereocenters. The zero-order chi connectivity index (χ0) is 25.4. The fraction of sp³-hybridized carbons (Fsp3) is 0.296. The van der Waals surface area contributed by atoms with E-state index in [2.05, 4.69) is 5.32 Å². The highest BCUT2D eigenvalue weighted by Gasteiger charge is 2.29. The third kappa shape index (κ3) is 7.29. The SMILES string of the molecule is Cc1ccc(S(=O)(=O)N(CC(=O)NCCCc2cccc(OC(C)C)c2)c2ccccc2F)cc1. The zero-order valence-corrected chi connectivity index (χ0v) is 21.0. The number of anilines is 1. The molecule has 0 fully saturated rings. The molecule has 0 unspecified atom stereocenters. The number of nitrogens with one attached hydrogen (secondary N) is 1. The van der Waals surface area contributed by atoms with Crippen molar-refractivity contribution in [3.05, 3.63) is 89.7 Å². The van der Waals surface area contributed by atoms with Crippen LogP contribution in [0, 0.1) is 12.7 Å². The third-order valence-corrected chi connectivity index (χ3v) is 7.03. The third-order valence-electron chi connectivity index (χ3n) is 5.25. The van der Waals surface area contributed by atoms with Crippen LogP contribution in [-0.2, 0) is 21.2 Å². The van der Waals surface area contributed by atoms with Gasteiger partial charge in [-0.15, -0.1) is 0 Å². The van der Waals surface area contributed by atoms with Crippen LogP contribution in [0.4, 0.5) is 10.1 Å². The molecule has 3 aromatic carbocycles. The highest BCUT2D eigenvalue weighted by molar-refractivity contribution is 7.92. The van der Waals surface area contributed by atoms with Gasteiger partial charge >= 0.3 is 0 Å². The Morgan fingerprint density at radius 2 is 1.74 bits per heavy atom. The normalized spacial score (nSPS) is 11.3. The number of rotatable bonds is 11. The molecule has 3 rings (SSSR count). The van der Waals surface area contributed by atoms with Crippen LogP contribution in [-0.4, -0.2) is 33.5 Å². The fourth-order valence-corrected chi connectivity index (χ4v) is 4.97. The van der Waals surface area contributed by atoms with Crippen LogP contribution in [0.5, 0.6) is 5.75 Å². The second-order valence-corrected chi connectivity index (χ2v) is 10.4. The summed E-state index contributed by atoms with van der Waals surface area (Å²) in [7, 11) is -4.16. The lowest BCUT2D eigenvalue weighted by Crippen LogP contribution is -2.41. The van der Waals surface area contributed by atoms with Crippen molar-refractivity contribution in [3.8, 4) is 5.75 Å². The summed E-state index contributed by atoms with van der Waals surface area (Å²) in [6.07, 6.45) is 1.45. The molecule has 0 aliphatic rings. The summed E-state index contributed by atoms with van der Waals surface area (Å²) in [4.78, 5) is 12.7. The van der Waals surface area contributed by atoms with Crippen molar-refractivity contribution in [1.29, 1.82) is 0 Å². The molecule has 1 amide bonds. The monoisotopic (exact) mass is 498 g/mol. The summed E-state index contributed by atoms with van der Waals surface area (Å²) < 4.78 is 47.7. The zero-order valence-electron chi connectivity index (χ0n) is 20.2. The molecule has 8 heteroatoms. The standard InChI is InChI=1S/C27H31FN2O4S/c1-20(2)34-23-10-6-8-22(18-23)9-7-17-29-27(31)19-30(26-12-5-4-11-25(26)28)35(32,33)24-15-13-21(3)14-16-24/h4-6,8,10-16,18,20H,7,9,17,19H2,1-3H3,(H,29,31). The Morgan fingerprint density at radius 1 is 1.03 bits per heavy atom. The number of nitrogens with zero attached hydrogens (tertiary/aromatic N) is 1. The first kappa shape index (κ1) is 26.2. The van der Waals surface area contributed by atoms with Gasteiger partial charge in [0, 0.05) is 6.54 Å². The van der Waals surface area contributed by atoms with Crippen molar-refractivity contribution in [2.24, 2.45) is 0 Å². The Hall–Kier alpha value is -3.39. The molecule has 6 nitrogen and oxygen atoms in total.